The van der Waals surface area contributed by atoms with Crippen LogP contribution in [0.5, 0.6) is 0 Å². The van der Waals surface area contributed by atoms with Gasteiger partial charge in [0.1, 0.15) is 6.61 Å². The molecule has 1 unspecified atom stereocenters. The zero-order valence-corrected chi connectivity index (χ0v) is 18.0. The van der Waals surface area contributed by atoms with Crippen molar-refractivity contribution in [1.82, 2.24) is 5.32 Å². The molecule has 150 valence electrons. The predicted octanol–water partition coefficient (Wildman–Crippen LogP) is 6.25. The van der Waals surface area contributed by atoms with E-state index in [9.17, 15) is 4.79 Å². The van der Waals surface area contributed by atoms with E-state index in [0.29, 0.717) is 12.6 Å². The van der Waals surface area contributed by atoms with Crippen LogP contribution in [0.2, 0.25) is 0 Å². The molecule has 0 aromatic rings. The third kappa shape index (κ3) is 14.3. The third-order valence-corrected chi connectivity index (χ3v) is 4.66. The Bertz CT molecular complexity index is 322. The average Bonchev–Trinajstić information content (AvgIpc) is 2.55. The minimum Gasteiger partial charge on any atom is -0.464 e. The van der Waals surface area contributed by atoms with E-state index in [4.69, 9.17) is 4.74 Å². The van der Waals surface area contributed by atoms with Gasteiger partial charge >= 0.3 is 5.97 Å². The van der Waals surface area contributed by atoms with Gasteiger partial charge in [-0.1, -0.05) is 71.6 Å². The molecule has 0 aliphatic rings. The summed E-state index contributed by atoms with van der Waals surface area (Å²) < 4.78 is 5.47. The van der Waals surface area contributed by atoms with Crippen molar-refractivity contribution in [3.05, 3.63) is 0 Å². The van der Waals surface area contributed by atoms with Crippen LogP contribution in [-0.2, 0) is 9.53 Å². The molecule has 0 heterocycles. The second kappa shape index (κ2) is 14.6. The first kappa shape index (κ1) is 24.4. The van der Waals surface area contributed by atoms with Crippen molar-refractivity contribution in [2.24, 2.45) is 5.41 Å². The zero-order chi connectivity index (χ0) is 19.1. The van der Waals surface area contributed by atoms with Crippen LogP contribution in [0.15, 0.2) is 0 Å². The molecule has 0 fully saturated rings. The van der Waals surface area contributed by atoms with E-state index in [-0.39, 0.29) is 12.0 Å². The Hall–Kier alpha value is -0.570. The maximum absolute atomic E-state index is 11.9. The van der Waals surface area contributed by atoms with Gasteiger partial charge in [-0.05, 0) is 40.5 Å². The lowest BCUT2D eigenvalue weighted by molar-refractivity contribution is -0.153. The lowest BCUT2D eigenvalue weighted by Gasteiger charge is -2.25. The largest absolute Gasteiger partial charge is 0.464 e. The van der Waals surface area contributed by atoms with Gasteiger partial charge in [0.2, 0.25) is 0 Å². The van der Waals surface area contributed by atoms with E-state index in [1.807, 2.05) is 20.8 Å². The molecule has 0 aromatic carbocycles. The van der Waals surface area contributed by atoms with Crippen LogP contribution < -0.4 is 5.32 Å². The highest BCUT2D eigenvalue weighted by Gasteiger charge is 2.23. The molecular weight excluding hydrogens is 310 g/mol. The van der Waals surface area contributed by atoms with Crippen LogP contribution >= 0.6 is 0 Å². The first-order chi connectivity index (χ1) is 11.8. The smallest absolute Gasteiger partial charge is 0.311 e. The van der Waals surface area contributed by atoms with Gasteiger partial charge in [0.05, 0.1) is 5.41 Å². The molecule has 2 atom stereocenters. The maximum atomic E-state index is 11.9. The van der Waals surface area contributed by atoms with Crippen LogP contribution in [0.4, 0.5) is 0 Å². The van der Waals surface area contributed by atoms with Crippen LogP contribution in [0.25, 0.3) is 0 Å². The molecule has 25 heavy (non-hydrogen) atoms. The minimum atomic E-state index is -0.418. The highest BCUT2D eigenvalue weighted by Crippen LogP contribution is 2.16. The second-order valence-corrected chi connectivity index (χ2v) is 8.67. The second-order valence-electron chi connectivity index (χ2n) is 8.67. The van der Waals surface area contributed by atoms with Gasteiger partial charge in [-0.2, -0.15) is 0 Å². The van der Waals surface area contributed by atoms with Gasteiger partial charge in [-0.15, -0.1) is 0 Å². The monoisotopic (exact) mass is 355 g/mol. The lowest BCUT2D eigenvalue weighted by Crippen LogP contribution is -2.40. The molecule has 0 bridgehead atoms. The number of hydrogen-bond donors (Lipinski definition) is 1. The lowest BCUT2D eigenvalue weighted by atomic mass is 9.97. The van der Waals surface area contributed by atoms with Crippen molar-refractivity contribution >= 4 is 5.97 Å². The van der Waals surface area contributed by atoms with Crippen molar-refractivity contribution in [2.45, 2.75) is 124 Å². The standard InChI is InChI=1S/C22H45NO2/c1-7-9-11-13-15-17-20(16-14-12-10-8-2)23-19(3)18-25-21(24)22(4,5)6/h19-20,23H,7-18H2,1-6H3/t19-,20?/m0/s1. The molecule has 3 nitrogen and oxygen atoms in total. The average molecular weight is 356 g/mol. The number of esters is 1. The minimum absolute atomic E-state index is 0.111. The number of nitrogens with one attached hydrogen (secondary N) is 1. The van der Waals surface area contributed by atoms with E-state index in [1.54, 1.807) is 0 Å². The number of rotatable bonds is 15. The van der Waals surface area contributed by atoms with Gasteiger partial charge in [0, 0.05) is 12.1 Å². The summed E-state index contributed by atoms with van der Waals surface area (Å²) in [6, 6.07) is 0.778. The molecule has 0 aromatic heterocycles. The van der Waals surface area contributed by atoms with Crippen molar-refractivity contribution in [2.75, 3.05) is 6.61 Å². The Morgan fingerprint density at radius 2 is 1.36 bits per heavy atom. The van der Waals surface area contributed by atoms with E-state index in [0.717, 1.165) is 0 Å². The number of carbonyl (C=O) groups is 1. The van der Waals surface area contributed by atoms with Gasteiger partial charge in [-0.3, -0.25) is 4.79 Å². The number of carbonyl (C=O) groups excluding carboxylic acids is 1. The van der Waals surface area contributed by atoms with Gasteiger partial charge in [-0.25, -0.2) is 0 Å². The molecule has 1 N–H and O–H groups in total. The summed E-state index contributed by atoms with van der Waals surface area (Å²) in [5.41, 5.74) is -0.418. The van der Waals surface area contributed by atoms with Crippen molar-refractivity contribution in [3.63, 3.8) is 0 Å². The molecule has 0 saturated heterocycles. The molecular formula is C22H45NO2. The topological polar surface area (TPSA) is 38.3 Å². The molecule has 0 rings (SSSR count). The Labute approximate surface area is 157 Å². The highest BCUT2D eigenvalue weighted by molar-refractivity contribution is 5.75. The van der Waals surface area contributed by atoms with Crippen LogP contribution in [0.3, 0.4) is 0 Å². The van der Waals surface area contributed by atoms with Crippen molar-refractivity contribution < 1.29 is 9.53 Å². The Balaban J connectivity index is 4.21. The van der Waals surface area contributed by atoms with E-state index in [2.05, 4.69) is 26.1 Å². The van der Waals surface area contributed by atoms with Crippen LogP contribution in [-0.4, -0.2) is 24.7 Å². The zero-order valence-electron chi connectivity index (χ0n) is 18.0. The fraction of sp³-hybridized carbons (Fsp3) is 0.955. The van der Waals surface area contributed by atoms with Crippen molar-refractivity contribution in [1.29, 1.82) is 0 Å². The van der Waals surface area contributed by atoms with Gasteiger partial charge in [0.15, 0.2) is 0 Å². The highest BCUT2D eigenvalue weighted by atomic mass is 16.5. The quantitative estimate of drug-likeness (QED) is 0.278. The molecule has 0 aliphatic carbocycles. The summed E-state index contributed by atoms with van der Waals surface area (Å²) in [4.78, 5) is 11.9. The fourth-order valence-corrected chi connectivity index (χ4v) is 2.99. The summed E-state index contributed by atoms with van der Waals surface area (Å²) >= 11 is 0. The molecule has 0 radical (unpaired) electrons. The van der Waals surface area contributed by atoms with Crippen LogP contribution in [0.1, 0.15) is 112 Å². The van der Waals surface area contributed by atoms with E-state index in [1.165, 1.54) is 70.6 Å². The normalized spacial score (nSPS) is 14.3. The summed E-state index contributed by atoms with van der Waals surface area (Å²) in [6.07, 6.45) is 14.4. The Morgan fingerprint density at radius 3 is 1.84 bits per heavy atom. The fourth-order valence-electron chi connectivity index (χ4n) is 2.99. The Morgan fingerprint density at radius 1 is 0.880 bits per heavy atom. The third-order valence-electron chi connectivity index (χ3n) is 4.66. The van der Waals surface area contributed by atoms with Crippen LogP contribution in [0, 0.1) is 5.41 Å². The summed E-state index contributed by atoms with van der Waals surface area (Å²) in [6.45, 7) is 12.8. The predicted molar refractivity (Wildman–Crippen MR) is 109 cm³/mol. The summed E-state index contributed by atoms with van der Waals surface area (Å²) in [5.74, 6) is -0.111. The molecule has 0 amide bonds. The molecule has 3 heteroatoms. The maximum Gasteiger partial charge on any atom is 0.311 e. The summed E-state index contributed by atoms with van der Waals surface area (Å²) in [5, 5.41) is 3.71. The first-order valence-electron chi connectivity index (χ1n) is 10.7. The van der Waals surface area contributed by atoms with E-state index < -0.39 is 5.41 Å². The Kier molecular flexibility index (Phi) is 14.3. The van der Waals surface area contributed by atoms with Crippen molar-refractivity contribution in [3.8, 4) is 0 Å². The van der Waals surface area contributed by atoms with E-state index >= 15 is 0 Å². The van der Waals surface area contributed by atoms with Gasteiger partial charge in [0.25, 0.3) is 0 Å². The first-order valence-corrected chi connectivity index (χ1v) is 10.7. The molecule has 0 aliphatic heterocycles. The summed E-state index contributed by atoms with van der Waals surface area (Å²) in [7, 11) is 0. The molecule has 0 saturated carbocycles. The number of ether oxygens (including phenoxy) is 1. The molecule has 0 spiro atoms. The number of unbranched alkanes of at least 4 members (excludes halogenated alkanes) is 7. The SMILES string of the molecule is CCCCCCCC(CCCCCC)N[C@@H](C)COC(=O)C(C)(C)C. The van der Waals surface area contributed by atoms with Gasteiger partial charge < -0.3 is 10.1 Å². The number of hydrogen-bond acceptors (Lipinski definition) is 3.